The van der Waals surface area contributed by atoms with Crippen molar-refractivity contribution in [1.29, 1.82) is 0 Å². The lowest BCUT2D eigenvalue weighted by atomic mass is 10.1. The average Bonchev–Trinajstić information content (AvgIpc) is 2.75. The average molecular weight is 259 g/mol. The normalized spacial score (nSPS) is 21.9. The van der Waals surface area contributed by atoms with Gasteiger partial charge in [-0.1, -0.05) is 25.6 Å². The summed E-state index contributed by atoms with van der Waals surface area (Å²) in [5.74, 6) is 1.55. The summed E-state index contributed by atoms with van der Waals surface area (Å²) in [6.07, 6.45) is 0. The highest BCUT2D eigenvalue weighted by Crippen LogP contribution is 2.18. The number of nitrogens with one attached hydrogen (secondary N) is 2. The Labute approximate surface area is 107 Å². The molecule has 0 aliphatic carbocycles. The van der Waals surface area contributed by atoms with Gasteiger partial charge in [-0.25, -0.2) is 0 Å². The molecule has 1 saturated heterocycles. The summed E-state index contributed by atoms with van der Waals surface area (Å²) in [5, 5.41) is 6.93. The fourth-order valence-electron chi connectivity index (χ4n) is 1.35. The number of hydrogen-bond acceptors (Lipinski definition) is 4. The molecular formula is C11H21N3O2S. The number of thioether (sulfide) groups is 1. The van der Waals surface area contributed by atoms with Gasteiger partial charge >= 0.3 is 0 Å². The van der Waals surface area contributed by atoms with Crippen molar-refractivity contribution >= 4 is 22.8 Å². The zero-order valence-corrected chi connectivity index (χ0v) is 11.5. The van der Waals surface area contributed by atoms with Crippen LogP contribution in [0.4, 0.5) is 0 Å². The molecule has 0 saturated carbocycles. The number of rotatable bonds is 6. The first-order valence-corrected chi connectivity index (χ1v) is 6.81. The Bertz CT molecular complexity index is 282. The van der Waals surface area contributed by atoms with Crippen LogP contribution in [0.25, 0.3) is 0 Å². The van der Waals surface area contributed by atoms with Crippen LogP contribution in [0.2, 0.25) is 0 Å². The van der Waals surface area contributed by atoms with Gasteiger partial charge < -0.3 is 15.4 Å². The number of hydrogen-bond donors (Lipinski definition) is 2. The zero-order valence-electron chi connectivity index (χ0n) is 10.7. The van der Waals surface area contributed by atoms with E-state index in [1.807, 2.05) is 0 Å². The second-order valence-electron chi connectivity index (χ2n) is 4.27. The van der Waals surface area contributed by atoms with Crippen molar-refractivity contribution in [2.24, 2.45) is 10.9 Å². The first kappa shape index (κ1) is 14.3. The molecule has 1 amide bonds. The molecule has 1 atom stereocenters. The predicted molar refractivity (Wildman–Crippen MR) is 71.4 cm³/mol. The lowest BCUT2D eigenvalue weighted by Crippen LogP contribution is -2.33. The maximum Gasteiger partial charge on any atom is 0.241 e. The number of carbonyl (C=O) groups is 1. The van der Waals surface area contributed by atoms with Gasteiger partial charge in [0, 0.05) is 25.4 Å². The topological polar surface area (TPSA) is 62.7 Å². The number of aliphatic imine (C=N–C) groups is 1. The molecule has 1 heterocycles. The van der Waals surface area contributed by atoms with E-state index in [0.29, 0.717) is 25.1 Å². The van der Waals surface area contributed by atoms with Crippen molar-refractivity contribution < 1.29 is 9.53 Å². The molecule has 0 bridgehead atoms. The molecule has 1 rings (SSSR count). The number of nitrogens with zero attached hydrogens (tertiary/aromatic N) is 1. The van der Waals surface area contributed by atoms with Crippen LogP contribution in [0.3, 0.4) is 0 Å². The molecule has 0 radical (unpaired) electrons. The fraction of sp³-hybridized carbons (Fsp3) is 0.818. The third kappa shape index (κ3) is 5.41. The molecule has 1 unspecified atom stereocenters. The monoisotopic (exact) mass is 259 g/mol. The molecule has 17 heavy (non-hydrogen) atoms. The Hall–Kier alpha value is -0.750. The second kappa shape index (κ2) is 7.55. The molecule has 98 valence electrons. The highest BCUT2D eigenvalue weighted by molar-refractivity contribution is 8.14. The minimum Gasteiger partial charge on any atom is -0.383 e. The zero-order chi connectivity index (χ0) is 12.7. The first-order chi connectivity index (χ1) is 8.13. The maximum absolute atomic E-state index is 11.4. The Morgan fingerprint density at radius 2 is 2.47 bits per heavy atom. The Morgan fingerprint density at radius 3 is 3.06 bits per heavy atom. The van der Waals surface area contributed by atoms with Crippen LogP contribution in [-0.4, -0.2) is 49.7 Å². The molecular weight excluding hydrogens is 238 g/mol. The maximum atomic E-state index is 11.4. The summed E-state index contributed by atoms with van der Waals surface area (Å²) < 4.78 is 4.84. The standard InChI is InChI=1S/C11H21N3O2S/c1-8(2)9-7-17-11(14-9)13-6-10(15)12-4-5-16-3/h8-9H,4-7H2,1-3H3,(H,12,15)(H,13,14). The van der Waals surface area contributed by atoms with Crippen LogP contribution in [0.15, 0.2) is 4.99 Å². The van der Waals surface area contributed by atoms with E-state index >= 15 is 0 Å². The van der Waals surface area contributed by atoms with Crippen LogP contribution in [-0.2, 0) is 9.53 Å². The van der Waals surface area contributed by atoms with Gasteiger partial charge in [0.05, 0.1) is 6.61 Å². The van der Waals surface area contributed by atoms with Crippen LogP contribution in [0, 0.1) is 5.92 Å². The number of methoxy groups -OCH3 is 1. The minimum atomic E-state index is -0.0649. The van der Waals surface area contributed by atoms with Gasteiger partial charge in [0.1, 0.15) is 6.54 Å². The van der Waals surface area contributed by atoms with Gasteiger partial charge in [-0.15, -0.1) is 0 Å². The van der Waals surface area contributed by atoms with E-state index < -0.39 is 0 Å². The molecule has 6 heteroatoms. The Balaban J connectivity index is 2.23. The summed E-state index contributed by atoms with van der Waals surface area (Å²) in [7, 11) is 1.61. The van der Waals surface area contributed by atoms with E-state index in [4.69, 9.17) is 4.74 Å². The minimum absolute atomic E-state index is 0.0649. The van der Waals surface area contributed by atoms with E-state index in [0.717, 1.165) is 10.9 Å². The van der Waals surface area contributed by atoms with E-state index in [1.165, 1.54) is 0 Å². The molecule has 1 aliphatic rings. The molecule has 1 fully saturated rings. The lowest BCUT2D eigenvalue weighted by molar-refractivity contribution is -0.119. The first-order valence-electron chi connectivity index (χ1n) is 5.83. The van der Waals surface area contributed by atoms with E-state index in [2.05, 4.69) is 29.5 Å². The molecule has 2 N–H and O–H groups in total. The van der Waals surface area contributed by atoms with Crippen molar-refractivity contribution in [3.05, 3.63) is 0 Å². The molecule has 0 spiro atoms. The predicted octanol–water partition coefficient (Wildman–Crippen LogP) is 0.466. The quantitative estimate of drug-likeness (QED) is 0.681. The van der Waals surface area contributed by atoms with Gasteiger partial charge in [-0.05, 0) is 5.92 Å². The number of ether oxygens (including phenoxy) is 1. The van der Waals surface area contributed by atoms with Gasteiger partial charge in [-0.3, -0.25) is 9.79 Å². The number of amidine groups is 1. The fourth-order valence-corrected chi connectivity index (χ4v) is 2.55. The number of amides is 1. The van der Waals surface area contributed by atoms with Gasteiger partial charge in [0.2, 0.25) is 5.91 Å². The van der Waals surface area contributed by atoms with Crippen molar-refractivity contribution in [3.8, 4) is 0 Å². The highest BCUT2D eigenvalue weighted by atomic mass is 32.2. The van der Waals surface area contributed by atoms with Gasteiger partial charge in [0.25, 0.3) is 0 Å². The third-order valence-electron chi connectivity index (χ3n) is 2.51. The summed E-state index contributed by atoms with van der Waals surface area (Å²) in [4.78, 5) is 15.6. The third-order valence-corrected chi connectivity index (χ3v) is 3.55. The highest BCUT2D eigenvalue weighted by Gasteiger charge is 2.22. The summed E-state index contributed by atoms with van der Waals surface area (Å²) >= 11 is 1.68. The van der Waals surface area contributed by atoms with Crippen LogP contribution in [0.1, 0.15) is 13.8 Å². The largest absolute Gasteiger partial charge is 0.383 e. The summed E-state index contributed by atoms with van der Waals surface area (Å²) in [5.41, 5.74) is 0. The van der Waals surface area contributed by atoms with Crippen molar-refractivity contribution in [3.63, 3.8) is 0 Å². The summed E-state index contributed by atoms with van der Waals surface area (Å²) in [6.45, 7) is 5.61. The second-order valence-corrected chi connectivity index (χ2v) is 5.28. The van der Waals surface area contributed by atoms with Crippen LogP contribution in [0.5, 0.6) is 0 Å². The Morgan fingerprint density at radius 1 is 1.71 bits per heavy atom. The van der Waals surface area contributed by atoms with Crippen LogP contribution < -0.4 is 10.6 Å². The van der Waals surface area contributed by atoms with Crippen LogP contribution >= 0.6 is 11.8 Å². The van der Waals surface area contributed by atoms with Gasteiger partial charge in [-0.2, -0.15) is 0 Å². The van der Waals surface area contributed by atoms with Crippen molar-refractivity contribution in [2.75, 3.05) is 32.6 Å². The van der Waals surface area contributed by atoms with Crippen molar-refractivity contribution in [2.45, 2.75) is 19.9 Å². The smallest absolute Gasteiger partial charge is 0.241 e. The molecule has 5 nitrogen and oxygen atoms in total. The summed E-state index contributed by atoms with van der Waals surface area (Å²) in [6, 6.07) is 0.468. The molecule has 0 aromatic carbocycles. The van der Waals surface area contributed by atoms with Crippen molar-refractivity contribution in [1.82, 2.24) is 10.6 Å². The number of carbonyl (C=O) groups excluding carboxylic acids is 1. The Kier molecular flexibility index (Phi) is 6.36. The molecule has 0 aromatic heterocycles. The SMILES string of the molecule is COCCNC(=O)CN=C1NC(C(C)C)CS1. The van der Waals surface area contributed by atoms with E-state index in [1.54, 1.807) is 18.9 Å². The lowest BCUT2D eigenvalue weighted by Gasteiger charge is -2.13. The van der Waals surface area contributed by atoms with E-state index in [9.17, 15) is 4.79 Å². The van der Waals surface area contributed by atoms with Gasteiger partial charge in [0.15, 0.2) is 5.17 Å². The van der Waals surface area contributed by atoms with E-state index in [-0.39, 0.29) is 12.5 Å². The molecule has 0 aromatic rings. The molecule has 1 aliphatic heterocycles.